The van der Waals surface area contributed by atoms with E-state index in [1.165, 1.54) is 0 Å². The average molecular weight is 264 g/mol. The van der Waals surface area contributed by atoms with Crippen LogP contribution in [-0.4, -0.2) is 29.1 Å². The number of carbonyl (C=O) groups is 1. The van der Waals surface area contributed by atoms with Crippen molar-refractivity contribution in [2.24, 2.45) is 5.92 Å². The fourth-order valence-corrected chi connectivity index (χ4v) is 2.92. The standard InChI is InChI=1S/C14H20N2O3/c17-12-5-3-1-2-4-11(12)14-15-13(16-19-14)8-10-6-7-18-9-10/h10-11H,1-9H2. The SMILES string of the molecule is O=C1CCCCCC1c1nc(CC2CCOC2)no1. The minimum Gasteiger partial charge on any atom is -0.381 e. The van der Waals surface area contributed by atoms with Crippen LogP contribution in [0.3, 0.4) is 0 Å². The molecule has 19 heavy (non-hydrogen) atoms. The summed E-state index contributed by atoms with van der Waals surface area (Å²) in [6, 6.07) is 0. The first kappa shape index (κ1) is 12.8. The van der Waals surface area contributed by atoms with Gasteiger partial charge in [-0.1, -0.05) is 18.0 Å². The van der Waals surface area contributed by atoms with Crippen LogP contribution >= 0.6 is 0 Å². The van der Waals surface area contributed by atoms with Crippen LogP contribution in [0.2, 0.25) is 0 Å². The lowest BCUT2D eigenvalue weighted by atomic mass is 9.99. The second-order valence-electron chi connectivity index (χ2n) is 5.60. The summed E-state index contributed by atoms with van der Waals surface area (Å²) in [7, 11) is 0. The zero-order valence-corrected chi connectivity index (χ0v) is 11.1. The van der Waals surface area contributed by atoms with Gasteiger partial charge in [-0.15, -0.1) is 0 Å². The summed E-state index contributed by atoms with van der Waals surface area (Å²) < 4.78 is 10.7. The maximum Gasteiger partial charge on any atom is 0.237 e. The summed E-state index contributed by atoms with van der Waals surface area (Å²) in [4.78, 5) is 16.5. The molecule has 2 unspecified atom stereocenters. The van der Waals surface area contributed by atoms with Gasteiger partial charge >= 0.3 is 0 Å². The zero-order valence-electron chi connectivity index (χ0n) is 11.1. The van der Waals surface area contributed by atoms with Crippen molar-refractivity contribution in [3.8, 4) is 0 Å². The predicted octanol–water partition coefficient (Wildman–Crippen LogP) is 2.27. The Morgan fingerprint density at radius 1 is 1.21 bits per heavy atom. The van der Waals surface area contributed by atoms with E-state index in [1.807, 2.05) is 0 Å². The van der Waals surface area contributed by atoms with E-state index in [2.05, 4.69) is 10.1 Å². The van der Waals surface area contributed by atoms with E-state index in [0.29, 0.717) is 18.2 Å². The third kappa shape index (κ3) is 3.03. The Balaban J connectivity index is 1.67. The van der Waals surface area contributed by atoms with Gasteiger partial charge in [0.15, 0.2) is 5.82 Å². The maximum absolute atomic E-state index is 12.0. The Hall–Kier alpha value is -1.23. The third-order valence-corrected chi connectivity index (χ3v) is 4.08. The first-order chi connectivity index (χ1) is 9.33. The van der Waals surface area contributed by atoms with Crippen LogP contribution in [0.5, 0.6) is 0 Å². The van der Waals surface area contributed by atoms with Crippen LogP contribution < -0.4 is 0 Å². The lowest BCUT2D eigenvalue weighted by molar-refractivity contribution is -0.120. The molecule has 1 aliphatic heterocycles. The van der Waals surface area contributed by atoms with Crippen LogP contribution in [0.25, 0.3) is 0 Å². The van der Waals surface area contributed by atoms with Crippen LogP contribution in [0.15, 0.2) is 4.52 Å². The summed E-state index contributed by atoms with van der Waals surface area (Å²) in [6.45, 7) is 1.61. The number of aromatic nitrogens is 2. The second kappa shape index (κ2) is 5.82. The number of hydrogen-bond acceptors (Lipinski definition) is 5. The Kier molecular flexibility index (Phi) is 3.92. The van der Waals surface area contributed by atoms with Crippen molar-refractivity contribution in [1.82, 2.24) is 10.1 Å². The monoisotopic (exact) mass is 264 g/mol. The van der Waals surface area contributed by atoms with Crippen molar-refractivity contribution < 1.29 is 14.1 Å². The lowest BCUT2D eigenvalue weighted by Crippen LogP contribution is -2.11. The molecule has 0 radical (unpaired) electrons. The summed E-state index contributed by atoms with van der Waals surface area (Å²) in [5.41, 5.74) is 0. The normalized spacial score (nSPS) is 28.5. The topological polar surface area (TPSA) is 65.2 Å². The fourth-order valence-electron chi connectivity index (χ4n) is 2.92. The van der Waals surface area contributed by atoms with Gasteiger partial charge in [-0.3, -0.25) is 4.79 Å². The Bertz CT molecular complexity index is 438. The summed E-state index contributed by atoms with van der Waals surface area (Å²) in [6.07, 6.45) is 6.56. The van der Waals surface area contributed by atoms with Gasteiger partial charge in [0.1, 0.15) is 5.78 Å². The third-order valence-electron chi connectivity index (χ3n) is 4.08. The number of nitrogens with zero attached hydrogens (tertiary/aromatic N) is 2. The highest BCUT2D eigenvalue weighted by Gasteiger charge is 2.28. The van der Waals surface area contributed by atoms with Gasteiger partial charge in [-0.2, -0.15) is 4.98 Å². The first-order valence-electron chi connectivity index (χ1n) is 7.26. The Morgan fingerprint density at radius 2 is 2.16 bits per heavy atom. The van der Waals surface area contributed by atoms with E-state index in [0.717, 1.165) is 57.6 Å². The van der Waals surface area contributed by atoms with Gasteiger partial charge in [-0.25, -0.2) is 0 Å². The van der Waals surface area contributed by atoms with E-state index in [9.17, 15) is 4.79 Å². The predicted molar refractivity (Wildman–Crippen MR) is 67.8 cm³/mol. The summed E-state index contributed by atoms with van der Waals surface area (Å²) >= 11 is 0. The molecule has 2 heterocycles. The molecule has 3 rings (SSSR count). The molecule has 1 saturated carbocycles. The second-order valence-corrected chi connectivity index (χ2v) is 5.60. The van der Waals surface area contributed by atoms with Gasteiger partial charge in [0.25, 0.3) is 0 Å². The van der Waals surface area contributed by atoms with Gasteiger partial charge in [0, 0.05) is 26.1 Å². The van der Waals surface area contributed by atoms with Crippen molar-refractivity contribution in [2.75, 3.05) is 13.2 Å². The molecular weight excluding hydrogens is 244 g/mol. The zero-order chi connectivity index (χ0) is 13.1. The quantitative estimate of drug-likeness (QED) is 0.783. The molecule has 5 heteroatoms. The van der Waals surface area contributed by atoms with E-state index in [-0.39, 0.29) is 11.7 Å². The fraction of sp³-hybridized carbons (Fsp3) is 0.786. The molecule has 0 spiro atoms. The van der Waals surface area contributed by atoms with Crippen LogP contribution in [-0.2, 0) is 16.0 Å². The highest BCUT2D eigenvalue weighted by molar-refractivity contribution is 5.84. The average Bonchev–Trinajstić information content (AvgIpc) is 3.02. The van der Waals surface area contributed by atoms with Crippen molar-refractivity contribution in [3.63, 3.8) is 0 Å². The van der Waals surface area contributed by atoms with E-state index in [4.69, 9.17) is 9.26 Å². The molecule has 0 aromatic carbocycles. The Labute approximate surface area is 112 Å². The molecule has 2 atom stereocenters. The van der Waals surface area contributed by atoms with Crippen LogP contribution in [0.1, 0.15) is 56.2 Å². The molecule has 0 amide bonds. The number of rotatable bonds is 3. The number of ether oxygens (including phenoxy) is 1. The van der Waals surface area contributed by atoms with E-state index in [1.54, 1.807) is 0 Å². The number of ketones is 1. The largest absolute Gasteiger partial charge is 0.381 e. The van der Waals surface area contributed by atoms with Crippen molar-refractivity contribution in [2.45, 2.75) is 50.9 Å². The van der Waals surface area contributed by atoms with Crippen LogP contribution in [0.4, 0.5) is 0 Å². The first-order valence-corrected chi connectivity index (χ1v) is 7.26. The van der Waals surface area contributed by atoms with Gasteiger partial charge in [0.2, 0.25) is 5.89 Å². The smallest absolute Gasteiger partial charge is 0.237 e. The molecule has 0 bridgehead atoms. The molecule has 5 nitrogen and oxygen atoms in total. The molecule has 2 fully saturated rings. The highest BCUT2D eigenvalue weighted by atomic mass is 16.5. The molecule has 1 saturated heterocycles. The molecule has 1 aromatic heterocycles. The molecular formula is C14H20N2O3. The summed E-state index contributed by atoms with van der Waals surface area (Å²) in [5, 5.41) is 4.03. The lowest BCUT2D eigenvalue weighted by Gasteiger charge is -2.06. The van der Waals surface area contributed by atoms with Crippen molar-refractivity contribution in [3.05, 3.63) is 11.7 Å². The molecule has 1 aromatic rings. The van der Waals surface area contributed by atoms with E-state index < -0.39 is 0 Å². The van der Waals surface area contributed by atoms with E-state index >= 15 is 0 Å². The summed E-state index contributed by atoms with van der Waals surface area (Å²) in [5.74, 6) is 1.85. The van der Waals surface area contributed by atoms with Gasteiger partial charge in [-0.05, 0) is 25.2 Å². The minimum atomic E-state index is -0.163. The number of hydrogen-bond donors (Lipinski definition) is 0. The maximum atomic E-state index is 12.0. The number of Topliss-reactive ketones (excluding diaryl/α,β-unsaturated/α-hetero) is 1. The van der Waals surface area contributed by atoms with Crippen LogP contribution in [0, 0.1) is 5.92 Å². The Morgan fingerprint density at radius 3 is 3.00 bits per heavy atom. The molecule has 104 valence electrons. The molecule has 1 aliphatic carbocycles. The van der Waals surface area contributed by atoms with Crippen molar-refractivity contribution >= 4 is 5.78 Å². The molecule has 0 N–H and O–H groups in total. The molecule has 2 aliphatic rings. The number of carbonyl (C=O) groups excluding carboxylic acids is 1. The van der Waals surface area contributed by atoms with Gasteiger partial charge < -0.3 is 9.26 Å². The van der Waals surface area contributed by atoms with Gasteiger partial charge in [0.05, 0.1) is 5.92 Å². The highest BCUT2D eigenvalue weighted by Crippen LogP contribution is 2.28. The van der Waals surface area contributed by atoms with Crippen molar-refractivity contribution in [1.29, 1.82) is 0 Å². The minimum absolute atomic E-state index is 0.163.